The van der Waals surface area contributed by atoms with Gasteiger partial charge in [-0.05, 0) is 39.3 Å². The molecule has 2 heterocycles. The van der Waals surface area contributed by atoms with Gasteiger partial charge in [0.05, 0.1) is 6.54 Å². The largest absolute Gasteiger partial charge is 0.351 e. The molecule has 1 atom stereocenters. The molecule has 136 valence electrons. The van der Waals surface area contributed by atoms with Crippen molar-refractivity contribution in [2.24, 2.45) is 7.05 Å². The summed E-state index contributed by atoms with van der Waals surface area (Å²) in [6, 6.07) is 8.67. The Morgan fingerprint density at radius 3 is 2.27 bits per heavy atom. The number of hydrogen-bond donors (Lipinski definition) is 1. The number of carbonyl (C=O) groups is 3. The first-order valence-electron chi connectivity index (χ1n) is 8.52. The molecule has 6 heteroatoms. The Labute approximate surface area is 152 Å². The van der Waals surface area contributed by atoms with Gasteiger partial charge in [0.2, 0.25) is 0 Å². The number of nitrogens with zero attached hydrogens (tertiary/aromatic N) is 2. The molecule has 6 nitrogen and oxygen atoms in total. The third kappa shape index (κ3) is 2.71. The van der Waals surface area contributed by atoms with Crippen LogP contribution in [0.3, 0.4) is 0 Å². The van der Waals surface area contributed by atoms with Crippen molar-refractivity contribution in [1.29, 1.82) is 0 Å². The molecule has 0 spiro atoms. The fourth-order valence-electron chi connectivity index (χ4n) is 3.29. The minimum Gasteiger partial charge on any atom is -0.351 e. The Hall–Kier alpha value is -2.89. The van der Waals surface area contributed by atoms with Crippen LogP contribution in [0.25, 0.3) is 0 Å². The zero-order valence-corrected chi connectivity index (χ0v) is 15.7. The van der Waals surface area contributed by atoms with E-state index in [9.17, 15) is 14.4 Å². The van der Waals surface area contributed by atoms with Crippen LogP contribution in [0.2, 0.25) is 0 Å². The summed E-state index contributed by atoms with van der Waals surface area (Å²) in [6.45, 7) is 7.11. The van der Waals surface area contributed by atoms with Gasteiger partial charge in [0.15, 0.2) is 5.78 Å². The van der Waals surface area contributed by atoms with Gasteiger partial charge in [-0.3, -0.25) is 14.5 Å². The van der Waals surface area contributed by atoms with Crippen LogP contribution < -0.4 is 5.32 Å². The van der Waals surface area contributed by atoms with E-state index in [0.29, 0.717) is 11.1 Å². The third-order valence-corrected chi connectivity index (χ3v) is 5.28. The van der Waals surface area contributed by atoms with Gasteiger partial charge in [-0.25, -0.2) is 4.79 Å². The predicted octanol–water partition coefficient (Wildman–Crippen LogP) is 2.60. The molecule has 2 aromatic rings. The van der Waals surface area contributed by atoms with Crippen LogP contribution >= 0.6 is 0 Å². The highest BCUT2D eigenvalue weighted by Gasteiger charge is 2.49. The second kappa shape index (κ2) is 6.12. The molecule has 1 N–H and O–H groups in total. The van der Waals surface area contributed by atoms with E-state index in [0.717, 1.165) is 21.9 Å². The lowest BCUT2D eigenvalue weighted by atomic mass is 9.91. The van der Waals surface area contributed by atoms with Gasteiger partial charge in [0.1, 0.15) is 5.54 Å². The normalized spacial score (nSPS) is 19.8. The molecular weight excluding hydrogens is 330 g/mol. The van der Waals surface area contributed by atoms with Crippen LogP contribution in [0.1, 0.15) is 39.8 Å². The van der Waals surface area contributed by atoms with Gasteiger partial charge in [-0.2, -0.15) is 0 Å². The van der Waals surface area contributed by atoms with Crippen molar-refractivity contribution in [3.63, 3.8) is 0 Å². The first-order valence-corrected chi connectivity index (χ1v) is 8.52. The second-order valence-corrected chi connectivity index (χ2v) is 7.08. The van der Waals surface area contributed by atoms with Crippen molar-refractivity contribution in [2.75, 3.05) is 6.54 Å². The maximum absolute atomic E-state index is 12.9. The Morgan fingerprint density at radius 2 is 1.73 bits per heavy atom. The topological polar surface area (TPSA) is 71.4 Å². The summed E-state index contributed by atoms with van der Waals surface area (Å²) in [4.78, 5) is 39.0. The predicted molar refractivity (Wildman–Crippen MR) is 98.0 cm³/mol. The highest BCUT2D eigenvalue weighted by atomic mass is 16.2. The number of benzene rings is 1. The number of urea groups is 1. The molecule has 0 aliphatic carbocycles. The average Bonchev–Trinajstić information content (AvgIpc) is 2.98. The zero-order chi connectivity index (χ0) is 19.2. The summed E-state index contributed by atoms with van der Waals surface area (Å²) in [5.74, 6) is -0.659. The van der Waals surface area contributed by atoms with Gasteiger partial charge in [-0.1, -0.05) is 29.8 Å². The van der Waals surface area contributed by atoms with Gasteiger partial charge in [0, 0.05) is 24.0 Å². The molecular formula is C20H23N3O3. The monoisotopic (exact) mass is 353 g/mol. The minimum absolute atomic E-state index is 0.247. The lowest BCUT2D eigenvalue weighted by Crippen LogP contribution is -2.41. The highest BCUT2D eigenvalue weighted by molar-refractivity contribution is 6.11. The number of nitrogens with one attached hydrogen (secondary N) is 1. The SMILES string of the molecule is Cc1ccc([C@@]2(C)NC(=O)N(CC(=O)c3cc(C)n(C)c3C)C2=O)cc1. The molecule has 0 unspecified atom stereocenters. The first kappa shape index (κ1) is 17.9. The molecule has 1 aliphatic rings. The number of rotatable bonds is 4. The van der Waals surface area contributed by atoms with E-state index in [-0.39, 0.29) is 12.3 Å². The number of Topliss-reactive ketones (excluding diaryl/α,β-unsaturated/α-hetero) is 1. The molecule has 1 aliphatic heterocycles. The molecule has 0 saturated carbocycles. The first-order chi connectivity index (χ1) is 12.1. The molecule has 0 radical (unpaired) electrons. The smallest absolute Gasteiger partial charge is 0.325 e. The van der Waals surface area contributed by atoms with Gasteiger partial charge in [0.25, 0.3) is 5.91 Å². The highest BCUT2D eigenvalue weighted by Crippen LogP contribution is 2.29. The van der Waals surface area contributed by atoms with Crippen molar-refractivity contribution in [1.82, 2.24) is 14.8 Å². The Morgan fingerprint density at radius 1 is 1.12 bits per heavy atom. The van der Waals surface area contributed by atoms with E-state index in [2.05, 4.69) is 5.32 Å². The molecule has 1 saturated heterocycles. The summed E-state index contributed by atoms with van der Waals surface area (Å²) >= 11 is 0. The number of aromatic nitrogens is 1. The summed E-state index contributed by atoms with van der Waals surface area (Å²) in [7, 11) is 1.88. The summed E-state index contributed by atoms with van der Waals surface area (Å²) < 4.78 is 1.91. The Kier molecular flexibility index (Phi) is 4.22. The van der Waals surface area contributed by atoms with Gasteiger partial charge < -0.3 is 9.88 Å². The van der Waals surface area contributed by atoms with Crippen molar-refractivity contribution in [3.8, 4) is 0 Å². The molecule has 3 rings (SSSR count). The third-order valence-electron chi connectivity index (χ3n) is 5.28. The van der Waals surface area contributed by atoms with E-state index in [4.69, 9.17) is 0 Å². The van der Waals surface area contributed by atoms with Crippen molar-refractivity contribution in [3.05, 3.63) is 58.4 Å². The fraction of sp³-hybridized carbons (Fsp3) is 0.350. The maximum Gasteiger partial charge on any atom is 0.325 e. The number of ketones is 1. The second-order valence-electron chi connectivity index (χ2n) is 7.08. The molecule has 1 aromatic carbocycles. The lowest BCUT2D eigenvalue weighted by Gasteiger charge is -2.22. The van der Waals surface area contributed by atoms with Crippen molar-refractivity contribution in [2.45, 2.75) is 33.2 Å². The number of aryl methyl sites for hydroxylation is 2. The summed E-state index contributed by atoms with van der Waals surface area (Å²) in [5, 5.41) is 2.73. The van der Waals surface area contributed by atoms with Crippen molar-refractivity contribution < 1.29 is 14.4 Å². The molecule has 1 aromatic heterocycles. The van der Waals surface area contributed by atoms with E-state index >= 15 is 0 Å². The molecule has 1 fully saturated rings. The molecule has 0 bridgehead atoms. The van der Waals surface area contributed by atoms with E-state index in [1.807, 2.05) is 56.7 Å². The zero-order valence-electron chi connectivity index (χ0n) is 15.7. The van der Waals surface area contributed by atoms with Gasteiger partial charge >= 0.3 is 6.03 Å². The number of amides is 3. The van der Waals surface area contributed by atoms with Crippen LogP contribution in [0, 0.1) is 20.8 Å². The van der Waals surface area contributed by atoms with Crippen LogP contribution in [0.5, 0.6) is 0 Å². The molecule has 3 amide bonds. The quantitative estimate of drug-likeness (QED) is 0.678. The Bertz CT molecular complexity index is 911. The van der Waals surface area contributed by atoms with Crippen molar-refractivity contribution >= 4 is 17.7 Å². The maximum atomic E-state index is 12.9. The molecule has 26 heavy (non-hydrogen) atoms. The number of carbonyl (C=O) groups excluding carboxylic acids is 3. The standard InChI is InChI=1S/C20H23N3O3/c1-12-6-8-15(9-7-12)20(4)18(25)23(19(26)21-20)11-17(24)16-10-13(2)22(5)14(16)3/h6-10H,11H2,1-5H3,(H,21,26)/t20-/m1/s1. The fourth-order valence-corrected chi connectivity index (χ4v) is 3.29. The van der Waals surface area contributed by atoms with Crippen LogP contribution in [-0.4, -0.2) is 33.7 Å². The summed E-state index contributed by atoms with van der Waals surface area (Å²) in [6.07, 6.45) is 0. The summed E-state index contributed by atoms with van der Waals surface area (Å²) in [5.41, 5.74) is 2.91. The van der Waals surface area contributed by atoms with E-state index < -0.39 is 17.5 Å². The number of hydrogen-bond acceptors (Lipinski definition) is 3. The van der Waals surface area contributed by atoms with Crippen LogP contribution in [0.4, 0.5) is 4.79 Å². The van der Waals surface area contributed by atoms with Gasteiger partial charge in [-0.15, -0.1) is 0 Å². The van der Waals surface area contributed by atoms with Crippen LogP contribution in [0.15, 0.2) is 30.3 Å². The lowest BCUT2D eigenvalue weighted by molar-refractivity contribution is -0.130. The van der Waals surface area contributed by atoms with E-state index in [1.54, 1.807) is 13.0 Å². The minimum atomic E-state index is -1.16. The Balaban J connectivity index is 1.86. The van der Waals surface area contributed by atoms with E-state index in [1.165, 1.54) is 0 Å². The van der Waals surface area contributed by atoms with Crippen LogP contribution in [-0.2, 0) is 17.4 Å². The average molecular weight is 353 g/mol. The number of imide groups is 1.